The van der Waals surface area contributed by atoms with Crippen LogP contribution in [0.1, 0.15) is 119 Å². The summed E-state index contributed by atoms with van der Waals surface area (Å²) in [5.41, 5.74) is 1.28. The molecule has 0 spiro atoms. The van der Waals surface area contributed by atoms with E-state index in [4.69, 9.17) is 9.36 Å². The Labute approximate surface area is 233 Å². The van der Waals surface area contributed by atoms with Crippen LogP contribution in [0, 0.1) is 56.7 Å². The summed E-state index contributed by atoms with van der Waals surface area (Å²) in [6.45, 7) is 17.5. The Morgan fingerprint density at radius 2 is 1.66 bits per heavy atom. The van der Waals surface area contributed by atoms with Crippen molar-refractivity contribution in [3.63, 3.8) is 0 Å². The van der Waals surface area contributed by atoms with E-state index in [1.807, 2.05) is 0 Å². The molecule has 9 unspecified atom stereocenters. The number of aliphatic carboxylic acids is 1. The normalized spacial score (nSPS) is 49.8. The van der Waals surface area contributed by atoms with Gasteiger partial charge in [0, 0.05) is 15.4 Å². The molecule has 0 aromatic carbocycles. The molecule has 5 aliphatic rings. The molecule has 216 valence electrons. The van der Waals surface area contributed by atoms with Crippen LogP contribution in [0.25, 0.3) is 0 Å². The molecule has 5 rings (SSSR count). The van der Waals surface area contributed by atoms with Crippen LogP contribution in [-0.4, -0.2) is 29.5 Å². The van der Waals surface area contributed by atoms with Crippen molar-refractivity contribution in [2.24, 2.45) is 61.8 Å². The molecular formula is C32H54NO4P. The molecule has 0 aromatic rings. The lowest BCUT2D eigenvalue weighted by Gasteiger charge is -2.72. The zero-order valence-corrected chi connectivity index (χ0v) is 26.3. The zero-order valence-electron chi connectivity index (χ0n) is 25.1. The predicted molar refractivity (Wildman–Crippen MR) is 156 cm³/mol. The number of oxime groups is 1. The SMILES string of the molecule is CCCON=C(C)C1CCC2(C(=O)O)CCC3(C)C(CCC4[C@@]5(C)CCC(OP)C(C)(C)C5CC[C@]43C)C12. The van der Waals surface area contributed by atoms with Crippen molar-refractivity contribution in [2.45, 2.75) is 125 Å². The minimum absolute atomic E-state index is 0.152. The minimum Gasteiger partial charge on any atom is -0.481 e. The van der Waals surface area contributed by atoms with Crippen LogP contribution >= 0.6 is 9.47 Å². The first-order valence-electron chi connectivity index (χ1n) is 15.6. The molecule has 0 amide bonds. The van der Waals surface area contributed by atoms with E-state index in [0.29, 0.717) is 35.9 Å². The van der Waals surface area contributed by atoms with Crippen LogP contribution in [-0.2, 0) is 14.2 Å². The second-order valence-electron chi connectivity index (χ2n) is 15.4. The summed E-state index contributed by atoms with van der Waals surface area (Å²) < 4.78 is 5.96. The molecule has 0 aromatic heterocycles. The fraction of sp³-hybridized carbons (Fsp3) is 0.938. The van der Waals surface area contributed by atoms with Gasteiger partial charge in [-0.1, -0.05) is 46.7 Å². The summed E-state index contributed by atoms with van der Waals surface area (Å²) in [4.78, 5) is 18.6. The average Bonchev–Trinajstić information content (AvgIpc) is 3.25. The van der Waals surface area contributed by atoms with Crippen molar-refractivity contribution in [2.75, 3.05) is 6.61 Å². The van der Waals surface area contributed by atoms with Gasteiger partial charge in [0.15, 0.2) is 0 Å². The van der Waals surface area contributed by atoms with Crippen LogP contribution < -0.4 is 0 Å². The third-order valence-corrected chi connectivity index (χ3v) is 14.3. The topological polar surface area (TPSA) is 68.1 Å². The Bertz CT molecular complexity index is 967. The largest absolute Gasteiger partial charge is 0.481 e. The van der Waals surface area contributed by atoms with Gasteiger partial charge >= 0.3 is 5.97 Å². The molecule has 5 aliphatic carbocycles. The number of rotatable bonds is 6. The maximum Gasteiger partial charge on any atom is 0.309 e. The summed E-state index contributed by atoms with van der Waals surface area (Å²) in [5, 5.41) is 15.2. The van der Waals surface area contributed by atoms with Crippen molar-refractivity contribution >= 4 is 21.1 Å². The number of fused-ring (bicyclic) bond motifs is 7. The molecule has 1 N–H and O–H groups in total. The Hall–Kier alpha value is -0.670. The quantitative estimate of drug-likeness (QED) is 0.158. The smallest absolute Gasteiger partial charge is 0.309 e. The lowest BCUT2D eigenvalue weighted by atomic mass is 9.32. The molecule has 0 bridgehead atoms. The standard InChI is InChI=1S/C32H54NO4P/c1-8-19-36-33-20(2)21-11-16-32(27(34)35)18-17-30(6)22(26(21)32)9-10-24-29(5)14-13-25(37-38)28(3,4)23(29)12-15-31(24,30)7/h21-26H,8-19,38H2,1-7H3,(H,34,35)/t21?,22?,23?,24?,25?,26?,29-,30?,31+,32?/m0/s1. The predicted octanol–water partition coefficient (Wildman–Crippen LogP) is 8.13. The molecule has 5 fully saturated rings. The maximum atomic E-state index is 13.0. The average molecular weight is 548 g/mol. The monoisotopic (exact) mass is 547 g/mol. The van der Waals surface area contributed by atoms with Crippen LogP contribution in [0.2, 0.25) is 0 Å². The third kappa shape index (κ3) is 3.75. The van der Waals surface area contributed by atoms with Gasteiger partial charge in [0.05, 0.1) is 17.2 Å². The second-order valence-corrected chi connectivity index (χ2v) is 15.6. The number of carboxylic acid groups (broad SMARTS) is 1. The van der Waals surface area contributed by atoms with E-state index in [1.165, 1.54) is 25.7 Å². The number of carbonyl (C=O) groups is 1. The molecule has 5 saturated carbocycles. The Morgan fingerprint density at radius 1 is 0.921 bits per heavy atom. The van der Waals surface area contributed by atoms with Crippen molar-refractivity contribution in [1.82, 2.24) is 0 Å². The highest BCUT2D eigenvalue weighted by Crippen LogP contribution is 2.77. The first-order valence-corrected chi connectivity index (χ1v) is 16.1. The number of nitrogens with zero attached hydrogens (tertiary/aromatic N) is 1. The number of hydrogen-bond acceptors (Lipinski definition) is 4. The van der Waals surface area contributed by atoms with Gasteiger partial charge in [0.25, 0.3) is 0 Å². The van der Waals surface area contributed by atoms with E-state index in [-0.39, 0.29) is 28.1 Å². The zero-order chi connectivity index (χ0) is 27.7. The van der Waals surface area contributed by atoms with E-state index < -0.39 is 11.4 Å². The molecule has 0 aliphatic heterocycles. The Balaban J connectivity index is 1.52. The highest BCUT2D eigenvalue weighted by Gasteiger charge is 2.72. The first kappa shape index (κ1) is 28.8. The molecule has 6 heteroatoms. The molecule has 0 heterocycles. The molecule has 11 atom stereocenters. The fourth-order valence-corrected chi connectivity index (χ4v) is 12.4. The van der Waals surface area contributed by atoms with Crippen molar-refractivity contribution < 1.29 is 19.3 Å². The van der Waals surface area contributed by atoms with E-state index >= 15 is 0 Å². The molecule has 38 heavy (non-hydrogen) atoms. The van der Waals surface area contributed by atoms with Gasteiger partial charge in [0.2, 0.25) is 0 Å². The highest BCUT2D eigenvalue weighted by atomic mass is 31.0. The molecule has 0 radical (unpaired) electrons. The Kier molecular flexibility index (Phi) is 7.37. The number of hydrogen-bond donors (Lipinski definition) is 1. The molecule has 5 nitrogen and oxygen atoms in total. The minimum atomic E-state index is -0.600. The van der Waals surface area contributed by atoms with Gasteiger partial charge in [-0.25, -0.2) is 0 Å². The maximum absolute atomic E-state index is 13.0. The van der Waals surface area contributed by atoms with Gasteiger partial charge in [-0.2, -0.15) is 0 Å². The summed E-state index contributed by atoms with van der Waals surface area (Å²) >= 11 is 0. The fourth-order valence-electron chi connectivity index (χ4n) is 12.0. The highest BCUT2D eigenvalue weighted by molar-refractivity contribution is 7.09. The van der Waals surface area contributed by atoms with Crippen LogP contribution in [0.15, 0.2) is 5.16 Å². The van der Waals surface area contributed by atoms with Gasteiger partial charge in [-0.3, -0.25) is 4.79 Å². The summed E-state index contributed by atoms with van der Waals surface area (Å²) in [5.74, 6) is 1.59. The Morgan fingerprint density at radius 3 is 2.32 bits per heavy atom. The first-order chi connectivity index (χ1) is 17.8. The van der Waals surface area contributed by atoms with E-state index in [1.54, 1.807) is 0 Å². The van der Waals surface area contributed by atoms with Crippen molar-refractivity contribution in [3.8, 4) is 0 Å². The third-order valence-electron chi connectivity index (χ3n) is 14.0. The van der Waals surface area contributed by atoms with Crippen molar-refractivity contribution in [3.05, 3.63) is 0 Å². The number of carboxylic acids is 1. The van der Waals surface area contributed by atoms with E-state index in [2.05, 4.69) is 63.1 Å². The summed E-state index contributed by atoms with van der Waals surface area (Å²) in [6, 6.07) is 0. The van der Waals surface area contributed by atoms with Crippen LogP contribution in [0.3, 0.4) is 0 Å². The summed E-state index contributed by atoms with van der Waals surface area (Å²) in [7, 11) is 2.55. The second kappa shape index (κ2) is 9.71. The van der Waals surface area contributed by atoms with Gasteiger partial charge in [0.1, 0.15) is 6.61 Å². The van der Waals surface area contributed by atoms with Crippen molar-refractivity contribution in [1.29, 1.82) is 0 Å². The van der Waals surface area contributed by atoms with Gasteiger partial charge in [-0.15, -0.1) is 0 Å². The summed E-state index contributed by atoms with van der Waals surface area (Å²) in [6.07, 6.45) is 12.1. The van der Waals surface area contributed by atoms with E-state index in [0.717, 1.165) is 50.7 Å². The lowest BCUT2D eigenvalue weighted by Crippen LogP contribution is -2.67. The van der Waals surface area contributed by atoms with Gasteiger partial charge < -0.3 is 14.5 Å². The van der Waals surface area contributed by atoms with Crippen LogP contribution in [0.4, 0.5) is 0 Å². The molecule has 0 saturated heterocycles. The van der Waals surface area contributed by atoms with Gasteiger partial charge in [-0.05, 0) is 123 Å². The van der Waals surface area contributed by atoms with Crippen LogP contribution in [0.5, 0.6) is 0 Å². The lowest BCUT2D eigenvalue weighted by molar-refractivity contribution is -0.245. The molecular weight excluding hydrogens is 493 g/mol. The van der Waals surface area contributed by atoms with E-state index in [9.17, 15) is 9.90 Å².